The number of hydrogen-bond donors (Lipinski definition) is 0. The smallest absolute Gasteiger partial charge is 0.346 e. The Morgan fingerprint density at radius 2 is 1.96 bits per heavy atom. The van der Waals surface area contributed by atoms with Gasteiger partial charge in [0.1, 0.15) is 11.7 Å². The first-order valence-corrected chi connectivity index (χ1v) is 9.33. The van der Waals surface area contributed by atoms with E-state index in [4.69, 9.17) is 9.47 Å². The lowest BCUT2D eigenvalue weighted by molar-refractivity contribution is -0.198. The molecule has 4 aliphatic rings. The number of carbonyl (C=O) groups is 2. The lowest BCUT2D eigenvalue weighted by Gasteiger charge is -2.58. The van der Waals surface area contributed by atoms with E-state index in [2.05, 4.69) is 26.0 Å². The van der Waals surface area contributed by atoms with Crippen molar-refractivity contribution in [1.82, 2.24) is 0 Å². The number of ether oxygens (including phenoxy) is 2. The lowest BCUT2D eigenvalue weighted by Crippen LogP contribution is -2.62. The van der Waals surface area contributed by atoms with E-state index >= 15 is 0 Å². The van der Waals surface area contributed by atoms with Gasteiger partial charge in [-0.05, 0) is 38.0 Å². The predicted molar refractivity (Wildman–Crippen MR) is 89.1 cm³/mol. The molecule has 4 atom stereocenters. The first-order chi connectivity index (χ1) is 11.5. The summed E-state index contributed by atoms with van der Waals surface area (Å²) >= 11 is 0. The van der Waals surface area contributed by atoms with Gasteiger partial charge >= 0.3 is 5.97 Å². The molecule has 4 nitrogen and oxygen atoms in total. The van der Waals surface area contributed by atoms with Crippen LogP contribution in [-0.2, 0) is 19.1 Å². The van der Waals surface area contributed by atoms with Gasteiger partial charge in [0.05, 0.1) is 0 Å². The summed E-state index contributed by atoms with van der Waals surface area (Å²) in [6, 6.07) is 0. The van der Waals surface area contributed by atoms with Crippen LogP contribution in [-0.4, -0.2) is 23.5 Å². The molecule has 0 aromatic heterocycles. The zero-order valence-electron chi connectivity index (χ0n) is 14.6. The molecule has 0 amide bonds. The van der Waals surface area contributed by atoms with Crippen LogP contribution in [0.3, 0.4) is 0 Å². The number of carbonyl (C=O) groups excluding carboxylic acids is 2. The van der Waals surface area contributed by atoms with Crippen molar-refractivity contribution in [1.29, 1.82) is 0 Å². The Morgan fingerprint density at radius 1 is 1.17 bits per heavy atom. The van der Waals surface area contributed by atoms with Gasteiger partial charge < -0.3 is 9.47 Å². The SMILES string of the molecule is C[C@H]1C[C@@]23OC(=O)C4=C2O[C@H](CCCCCC/C=C\[C@@]13C)CC4=O. The van der Waals surface area contributed by atoms with E-state index < -0.39 is 11.6 Å². The molecular weight excluding hydrogens is 304 g/mol. The van der Waals surface area contributed by atoms with E-state index in [0.29, 0.717) is 18.1 Å². The minimum atomic E-state index is -0.766. The number of ketones is 1. The van der Waals surface area contributed by atoms with Crippen LogP contribution in [0.15, 0.2) is 23.5 Å². The van der Waals surface area contributed by atoms with E-state index in [1.807, 2.05) is 0 Å². The maximum absolute atomic E-state index is 12.6. The number of hydrogen-bond acceptors (Lipinski definition) is 4. The molecule has 1 fully saturated rings. The Labute approximate surface area is 143 Å². The van der Waals surface area contributed by atoms with Gasteiger partial charge in [0.25, 0.3) is 0 Å². The summed E-state index contributed by atoms with van der Waals surface area (Å²) in [5.74, 6) is 0.354. The van der Waals surface area contributed by atoms with Gasteiger partial charge in [-0.1, -0.05) is 38.8 Å². The maximum atomic E-state index is 12.6. The predicted octanol–water partition coefficient (Wildman–Crippen LogP) is 3.85. The number of allylic oxidation sites excluding steroid dienone is 1. The van der Waals surface area contributed by atoms with Crippen LogP contribution in [0.25, 0.3) is 0 Å². The molecule has 3 aliphatic heterocycles. The summed E-state index contributed by atoms with van der Waals surface area (Å²) in [5.41, 5.74) is -0.874. The van der Waals surface area contributed by atoms with E-state index in [-0.39, 0.29) is 22.9 Å². The van der Waals surface area contributed by atoms with Gasteiger partial charge in [-0.25, -0.2) is 4.79 Å². The summed E-state index contributed by atoms with van der Waals surface area (Å²) < 4.78 is 12.1. The Kier molecular flexibility index (Phi) is 3.63. The highest BCUT2D eigenvalue weighted by Crippen LogP contribution is 2.64. The van der Waals surface area contributed by atoms with Gasteiger partial charge in [0.15, 0.2) is 17.1 Å². The Bertz CT molecular complexity index is 646. The van der Waals surface area contributed by atoms with Crippen molar-refractivity contribution in [2.45, 2.75) is 76.9 Å². The van der Waals surface area contributed by atoms with Crippen molar-refractivity contribution >= 4 is 11.8 Å². The fourth-order valence-electron chi connectivity index (χ4n) is 4.86. The van der Waals surface area contributed by atoms with Crippen LogP contribution < -0.4 is 0 Å². The molecule has 0 aromatic carbocycles. The second-order valence-corrected chi connectivity index (χ2v) is 8.07. The second kappa shape index (κ2) is 5.47. The standard InChI is InChI=1S/C20H26O4/c1-13-12-20-17-16(18(22)24-20)15(21)11-14(23-17)9-7-5-3-4-6-8-10-19(13,20)2/h8,10,13-14H,3-7,9,11-12H2,1-2H3/b10-8-/t13-,14+,19-,20+/m0/s1. The minimum Gasteiger partial charge on any atom is -0.489 e. The third kappa shape index (κ3) is 2.04. The molecule has 4 rings (SSSR count). The number of rotatable bonds is 0. The van der Waals surface area contributed by atoms with E-state index in [1.54, 1.807) is 0 Å². The highest BCUT2D eigenvalue weighted by molar-refractivity contribution is 6.20. The monoisotopic (exact) mass is 330 g/mol. The molecule has 0 aromatic rings. The lowest BCUT2D eigenvalue weighted by atomic mass is 9.50. The first-order valence-electron chi connectivity index (χ1n) is 9.33. The summed E-state index contributed by atoms with van der Waals surface area (Å²) in [6.45, 7) is 4.32. The Hall–Kier alpha value is -1.58. The number of esters is 1. The fraction of sp³-hybridized carbons (Fsp3) is 0.700. The van der Waals surface area contributed by atoms with Crippen LogP contribution in [0.5, 0.6) is 0 Å². The molecule has 3 heterocycles. The van der Waals surface area contributed by atoms with Crippen molar-refractivity contribution in [3.63, 3.8) is 0 Å². The van der Waals surface area contributed by atoms with Gasteiger partial charge in [-0.3, -0.25) is 4.79 Å². The van der Waals surface area contributed by atoms with Gasteiger partial charge in [0, 0.05) is 11.8 Å². The topological polar surface area (TPSA) is 52.6 Å². The van der Waals surface area contributed by atoms with Gasteiger partial charge in [0.2, 0.25) is 0 Å². The average Bonchev–Trinajstić information content (AvgIpc) is 2.84. The van der Waals surface area contributed by atoms with Crippen LogP contribution in [0, 0.1) is 11.3 Å². The molecule has 2 bridgehead atoms. The van der Waals surface area contributed by atoms with Crippen LogP contribution in [0.1, 0.15) is 65.2 Å². The summed E-state index contributed by atoms with van der Waals surface area (Å²) in [7, 11) is 0. The quantitative estimate of drug-likeness (QED) is 0.384. The normalized spacial score (nSPS) is 43.4. The average molecular weight is 330 g/mol. The third-order valence-electron chi connectivity index (χ3n) is 6.64. The largest absolute Gasteiger partial charge is 0.489 e. The van der Waals surface area contributed by atoms with E-state index in [1.165, 1.54) is 19.3 Å². The molecule has 1 saturated carbocycles. The first kappa shape index (κ1) is 15.9. The zero-order valence-corrected chi connectivity index (χ0v) is 14.6. The van der Waals surface area contributed by atoms with Crippen molar-refractivity contribution in [3.05, 3.63) is 23.5 Å². The minimum absolute atomic E-state index is 0.0936. The maximum Gasteiger partial charge on any atom is 0.346 e. The zero-order chi connectivity index (χ0) is 16.9. The number of Topliss-reactive ketones (excluding diaryl/α,β-unsaturated/α-hetero) is 1. The Morgan fingerprint density at radius 3 is 2.75 bits per heavy atom. The van der Waals surface area contributed by atoms with E-state index in [0.717, 1.165) is 25.7 Å². The second-order valence-electron chi connectivity index (χ2n) is 8.07. The Balaban J connectivity index is 1.78. The summed E-state index contributed by atoms with van der Waals surface area (Å²) in [5, 5.41) is 0. The summed E-state index contributed by atoms with van der Waals surface area (Å²) in [4.78, 5) is 25.0. The highest BCUT2D eigenvalue weighted by Gasteiger charge is 2.70. The molecule has 0 unspecified atom stereocenters. The summed E-state index contributed by atoms with van der Waals surface area (Å²) in [6.07, 6.45) is 12.0. The molecule has 1 aliphatic carbocycles. The fourth-order valence-corrected chi connectivity index (χ4v) is 4.86. The third-order valence-corrected chi connectivity index (χ3v) is 6.64. The molecule has 1 spiro atoms. The van der Waals surface area contributed by atoms with Crippen molar-refractivity contribution in [2.75, 3.05) is 0 Å². The molecule has 4 heteroatoms. The molecule has 0 radical (unpaired) electrons. The van der Waals surface area contributed by atoms with Gasteiger partial charge in [-0.2, -0.15) is 0 Å². The molecule has 0 N–H and O–H groups in total. The van der Waals surface area contributed by atoms with Crippen LogP contribution in [0.4, 0.5) is 0 Å². The van der Waals surface area contributed by atoms with Crippen LogP contribution >= 0.6 is 0 Å². The highest BCUT2D eigenvalue weighted by atomic mass is 16.6. The van der Waals surface area contributed by atoms with Crippen molar-refractivity contribution in [3.8, 4) is 0 Å². The number of fused-ring (bicyclic) bond motifs is 1. The van der Waals surface area contributed by atoms with Crippen molar-refractivity contribution in [2.24, 2.45) is 11.3 Å². The molecular formula is C20H26O4. The molecule has 130 valence electrons. The van der Waals surface area contributed by atoms with Crippen LogP contribution in [0.2, 0.25) is 0 Å². The van der Waals surface area contributed by atoms with Gasteiger partial charge in [-0.15, -0.1) is 0 Å². The molecule has 24 heavy (non-hydrogen) atoms. The van der Waals surface area contributed by atoms with E-state index in [9.17, 15) is 9.59 Å². The van der Waals surface area contributed by atoms with Crippen molar-refractivity contribution < 1.29 is 19.1 Å². The molecule has 0 saturated heterocycles.